The molecule has 3 heterocycles. The van der Waals surface area contributed by atoms with Gasteiger partial charge in [0.15, 0.2) is 0 Å². The number of hydrogen-bond acceptors (Lipinski definition) is 6. The first kappa shape index (κ1) is 14.5. The van der Waals surface area contributed by atoms with Crippen molar-refractivity contribution in [3.05, 3.63) is 11.4 Å². The largest absolute Gasteiger partial charge is 0.365 e. The van der Waals surface area contributed by atoms with Crippen LogP contribution >= 0.6 is 11.3 Å². The molecule has 0 aromatic carbocycles. The summed E-state index contributed by atoms with van der Waals surface area (Å²) in [6.07, 6.45) is 2.46. The quantitative estimate of drug-likeness (QED) is 0.889. The molecule has 1 aliphatic rings. The highest BCUT2D eigenvalue weighted by Crippen LogP contribution is 2.27. The second-order valence-electron chi connectivity index (χ2n) is 5.44. The van der Waals surface area contributed by atoms with E-state index in [0.717, 1.165) is 41.6 Å². The van der Waals surface area contributed by atoms with E-state index in [9.17, 15) is 0 Å². The van der Waals surface area contributed by atoms with Crippen molar-refractivity contribution in [2.75, 3.05) is 36.8 Å². The van der Waals surface area contributed by atoms with Gasteiger partial charge in [-0.2, -0.15) is 4.98 Å². The van der Waals surface area contributed by atoms with Crippen LogP contribution in [0, 0.1) is 0 Å². The van der Waals surface area contributed by atoms with E-state index in [2.05, 4.69) is 50.8 Å². The standard InChI is InChI=1S/C15H23N5S/c1-3-16-15-18-13(12-7-9-21-14(12)19-15)17-11-6-5-8-20(4-2)10-11/h7,9,11H,3-6,8,10H2,1-2H3,(H2,16,17,18,19). The Labute approximate surface area is 129 Å². The molecule has 0 radical (unpaired) electrons. The third-order valence-electron chi connectivity index (χ3n) is 3.95. The van der Waals surface area contributed by atoms with Crippen LogP contribution in [0.25, 0.3) is 10.2 Å². The number of nitrogens with zero attached hydrogens (tertiary/aromatic N) is 3. The molecule has 5 nitrogen and oxygen atoms in total. The van der Waals surface area contributed by atoms with E-state index in [1.54, 1.807) is 11.3 Å². The second-order valence-corrected chi connectivity index (χ2v) is 6.34. The minimum absolute atomic E-state index is 0.478. The Morgan fingerprint density at radius 1 is 1.38 bits per heavy atom. The first-order valence-electron chi connectivity index (χ1n) is 7.78. The first-order valence-corrected chi connectivity index (χ1v) is 8.66. The molecule has 0 saturated carbocycles. The van der Waals surface area contributed by atoms with Gasteiger partial charge in [0.25, 0.3) is 0 Å². The lowest BCUT2D eigenvalue weighted by Gasteiger charge is -2.32. The highest BCUT2D eigenvalue weighted by atomic mass is 32.1. The van der Waals surface area contributed by atoms with Crippen LogP contribution in [0.4, 0.5) is 11.8 Å². The number of anilines is 2. The van der Waals surface area contributed by atoms with E-state index in [4.69, 9.17) is 0 Å². The number of likely N-dealkylation sites (N-methyl/N-ethyl adjacent to an activating group) is 1. The topological polar surface area (TPSA) is 53.1 Å². The Morgan fingerprint density at radius 3 is 3.10 bits per heavy atom. The number of piperidine rings is 1. The Kier molecular flexibility index (Phi) is 4.55. The average molecular weight is 305 g/mol. The van der Waals surface area contributed by atoms with Gasteiger partial charge in [-0.25, -0.2) is 4.98 Å². The zero-order valence-electron chi connectivity index (χ0n) is 12.7. The number of nitrogens with one attached hydrogen (secondary N) is 2. The molecule has 114 valence electrons. The molecule has 0 aliphatic carbocycles. The molecule has 1 aliphatic heterocycles. The summed E-state index contributed by atoms with van der Waals surface area (Å²) in [5.74, 6) is 1.69. The van der Waals surface area contributed by atoms with Crippen molar-refractivity contribution in [1.29, 1.82) is 0 Å². The summed E-state index contributed by atoms with van der Waals surface area (Å²) in [4.78, 5) is 12.8. The fourth-order valence-corrected chi connectivity index (χ4v) is 3.62. The Morgan fingerprint density at radius 2 is 2.29 bits per heavy atom. The molecule has 0 amide bonds. The van der Waals surface area contributed by atoms with Crippen molar-refractivity contribution in [2.24, 2.45) is 0 Å². The van der Waals surface area contributed by atoms with Crippen molar-refractivity contribution < 1.29 is 0 Å². The summed E-state index contributed by atoms with van der Waals surface area (Å²) in [5.41, 5.74) is 0. The number of hydrogen-bond donors (Lipinski definition) is 2. The van der Waals surface area contributed by atoms with E-state index in [1.165, 1.54) is 19.4 Å². The van der Waals surface area contributed by atoms with Gasteiger partial charge in [-0.1, -0.05) is 6.92 Å². The van der Waals surface area contributed by atoms with Crippen LogP contribution < -0.4 is 10.6 Å². The smallest absolute Gasteiger partial charge is 0.226 e. The summed E-state index contributed by atoms with van der Waals surface area (Å²) in [6.45, 7) is 8.57. The molecule has 0 spiro atoms. The molecule has 21 heavy (non-hydrogen) atoms. The van der Waals surface area contributed by atoms with Crippen LogP contribution in [-0.2, 0) is 0 Å². The van der Waals surface area contributed by atoms with Gasteiger partial charge >= 0.3 is 0 Å². The van der Waals surface area contributed by atoms with Gasteiger partial charge in [-0.05, 0) is 44.3 Å². The SMILES string of the molecule is CCNc1nc(NC2CCCN(CC)C2)c2ccsc2n1. The Bertz CT molecular complexity index is 597. The molecule has 0 bridgehead atoms. The number of rotatable bonds is 5. The van der Waals surface area contributed by atoms with Gasteiger partial charge in [0, 0.05) is 19.1 Å². The number of likely N-dealkylation sites (tertiary alicyclic amines) is 1. The molecular formula is C15H23N5S. The summed E-state index contributed by atoms with van der Waals surface area (Å²) < 4.78 is 0. The highest BCUT2D eigenvalue weighted by Gasteiger charge is 2.20. The number of fused-ring (bicyclic) bond motifs is 1. The molecular weight excluding hydrogens is 282 g/mol. The van der Waals surface area contributed by atoms with Crippen molar-refractivity contribution in [2.45, 2.75) is 32.7 Å². The summed E-state index contributed by atoms with van der Waals surface area (Å²) >= 11 is 1.67. The molecule has 1 fully saturated rings. The predicted molar refractivity (Wildman–Crippen MR) is 90.3 cm³/mol. The summed E-state index contributed by atoms with van der Waals surface area (Å²) in [5, 5.41) is 10.1. The van der Waals surface area contributed by atoms with Crippen LogP contribution in [0.3, 0.4) is 0 Å². The van der Waals surface area contributed by atoms with Crippen molar-refractivity contribution >= 4 is 33.3 Å². The van der Waals surface area contributed by atoms with Gasteiger partial charge in [0.1, 0.15) is 10.6 Å². The molecule has 2 N–H and O–H groups in total. The molecule has 1 saturated heterocycles. The minimum atomic E-state index is 0.478. The molecule has 3 rings (SSSR count). The van der Waals surface area contributed by atoms with Crippen LogP contribution in [0.2, 0.25) is 0 Å². The second kappa shape index (κ2) is 6.58. The van der Waals surface area contributed by atoms with Crippen LogP contribution in [0.1, 0.15) is 26.7 Å². The highest BCUT2D eigenvalue weighted by molar-refractivity contribution is 7.16. The fourth-order valence-electron chi connectivity index (χ4n) is 2.86. The maximum Gasteiger partial charge on any atom is 0.226 e. The van der Waals surface area contributed by atoms with E-state index >= 15 is 0 Å². The summed E-state index contributed by atoms with van der Waals surface area (Å²) in [6, 6.07) is 2.59. The van der Waals surface area contributed by atoms with Gasteiger partial charge in [0.2, 0.25) is 5.95 Å². The molecule has 1 unspecified atom stereocenters. The van der Waals surface area contributed by atoms with Crippen molar-refractivity contribution in [3.63, 3.8) is 0 Å². The zero-order valence-corrected chi connectivity index (χ0v) is 13.5. The van der Waals surface area contributed by atoms with E-state index in [0.29, 0.717) is 6.04 Å². The molecule has 6 heteroatoms. The van der Waals surface area contributed by atoms with Gasteiger partial charge in [-0.3, -0.25) is 0 Å². The van der Waals surface area contributed by atoms with Crippen LogP contribution in [0.15, 0.2) is 11.4 Å². The lowest BCUT2D eigenvalue weighted by atomic mass is 10.1. The Balaban J connectivity index is 1.83. The van der Waals surface area contributed by atoms with Crippen molar-refractivity contribution in [1.82, 2.24) is 14.9 Å². The van der Waals surface area contributed by atoms with Crippen LogP contribution in [0.5, 0.6) is 0 Å². The average Bonchev–Trinajstić information content (AvgIpc) is 2.96. The van der Waals surface area contributed by atoms with E-state index in [1.807, 2.05) is 0 Å². The maximum absolute atomic E-state index is 4.66. The monoisotopic (exact) mass is 305 g/mol. The van der Waals surface area contributed by atoms with E-state index in [-0.39, 0.29) is 0 Å². The third-order valence-corrected chi connectivity index (χ3v) is 4.76. The first-order chi connectivity index (χ1) is 10.3. The predicted octanol–water partition coefficient (Wildman–Crippen LogP) is 3.02. The minimum Gasteiger partial charge on any atom is -0.365 e. The summed E-state index contributed by atoms with van der Waals surface area (Å²) in [7, 11) is 0. The molecule has 2 aromatic heterocycles. The van der Waals surface area contributed by atoms with Crippen molar-refractivity contribution in [3.8, 4) is 0 Å². The molecule has 2 aromatic rings. The maximum atomic E-state index is 4.66. The number of aromatic nitrogens is 2. The zero-order chi connectivity index (χ0) is 14.7. The third kappa shape index (κ3) is 3.27. The lowest BCUT2D eigenvalue weighted by Crippen LogP contribution is -2.42. The lowest BCUT2D eigenvalue weighted by molar-refractivity contribution is 0.226. The van der Waals surface area contributed by atoms with Crippen LogP contribution in [-0.4, -0.2) is 47.1 Å². The normalized spacial score (nSPS) is 19.8. The Hall–Kier alpha value is -1.40. The molecule has 1 atom stereocenters. The number of thiophene rings is 1. The fraction of sp³-hybridized carbons (Fsp3) is 0.600. The van der Waals surface area contributed by atoms with Gasteiger partial charge < -0.3 is 15.5 Å². The van der Waals surface area contributed by atoms with Gasteiger partial charge in [0.05, 0.1) is 5.39 Å². The van der Waals surface area contributed by atoms with Gasteiger partial charge in [-0.15, -0.1) is 11.3 Å². The van der Waals surface area contributed by atoms with E-state index < -0.39 is 0 Å².